The molecule has 1 heterocycles. The van der Waals surface area contributed by atoms with Crippen molar-refractivity contribution in [1.82, 2.24) is 10.3 Å². The molecule has 1 atom stereocenters. The summed E-state index contributed by atoms with van der Waals surface area (Å²) >= 11 is 0. The quantitative estimate of drug-likeness (QED) is 0.309. The van der Waals surface area contributed by atoms with Crippen LogP contribution >= 0.6 is 0 Å². The maximum atomic E-state index is 13.2. The number of rotatable bonds is 7. The Kier molecular flexibility index (Phi) is 8.04. The second-order valence-corrected chi connectivity index (χ2v) is 10.4. The van der Waals surface area contributed by atoms with E-state index in [1.807, 2.05) is 30.5 Å². The lowest BCUT2D eigenvalue weighted by atomic mass is 10.0. The van der Waals surface area contributed by atoms with E-state index in [9.17, 15) is 14.4 Å². The van der Waals surface area contributed by atoms with Crippen LogP contribution in [0, 0.1) is 0 Å². The first-order chi connectivity index (χ1) is 16.8. The number of hydrogen-bond acceptors (Lipinski definition) is 6. The van der Waals surface area contributed by atoms with Gasteiger partial charge in [-0.2, -0.15) is 4.89 Å². The normalized spacial score (nSPS) is 12.6. The fraction of sp³-hybridized carbons (Fsp3) is 0.370. The average Bonchev–Trinajstić information content (AvgIpc) is 3.18. The zero-order valence-electron chi connectivity index (χ0n) is 21.4. The van der Waals surface area contributed by atoms with E-state index in [1.54, 1.807) is 53.7 Å². The van der Waals surface area contributed by atoms with Gasteiger partial charge < -0.3 is 20.4 Å². The minimum absolute atomic E-state index is 0.240. The molecule has 1 aromatic heterocycles. The number of H-pyrrole nitrogens is 1. The number of benzene rings is 2. The van der Waals surface area contributed by atoms with Gasteiger partial charge in [-0.25, -0.2) is 9.59 Å². The predicted octanol–water partition coefficient (Wildman–Crippen LogP) is 5.13. The van der Waals surface area contributed by atoms with Gasteiger partial charge in [0.25, 0.3) is 0 Å². The van der Waals surface area contributed by atoms with Gasteiger partial charge in [-0.3, -0.25) is 9.68 Å². The van der Waals surface area contributed by atoms with Crippen LogP contribution in [0.4, 0.5) is 10.5 Å². The molecule has 9 nitrogen and oxygen atoms in total. The van der Waals surface area contributed by atoms with E-state index >= 15 is 0 Å². The van der Waals surface area contributed by atoms with Crippen molar-refractivity contribution in [3.8, 4) is 0 Å². The van der Waals surface area contributed by atoms with Crippen LogP contribution in [-0.2, 0) is 25.7 Å². The van der Waals surface area contributed by atoms with Crippen molar-refractivity contribution in [2.75, 3.05) is 5.32 Å². The highest BCUT2D eigenvalue weighted by Crippen LogP contribution is 2.20. The van der Waals surface area contributed by atoms with Crippen molar-refractivity contribution in [2.45, 2.75) is 65.2 Å². The Morgan fingerprint density at radius 2 is 1.58 bits per heavy atom. The number of aromatic nitrogens is 1. The molecule has 36 heavy (non-hydrogen) atoms. The fourth-order valence-corrected chi connectivity index (χ4v) is 3.31. The number of carbonyl (C=O) groups excluding carboxylic acids is 3. The van der Waals surface area contributed by atoms with Gasteiger partial charge in [-0.05, 0) is 77.4 Å². The lowest BCUT2D eigenvalue weighted by Crippen LogP contribution is -2.47. The number of hydrogen-bond donors (Lipinski definition) is 3. The van der Waals surface area contributed by atoms with E-state index in [0.29, 0.717) is 5.69 Å². The zero-order chi connectivity index (χ0) is 26.5. The second kappa shape index (κ2) is 10.8. The number of amides is 2. The molecule has 0 spiro atoms. The number of alkyl carbamates (subject to hydrolysis) is 1. The number of anilines is 1. The summed E-state index contributed by atoms with van der Waals surface area (Å²) in [7, 11) is 0. The van der Waals surface area contributed by atoms with Gasteiger partial charge in [0.2, 0.25) is 5.91 Å². The van der Waals surface area contributed by atoms with Crippen LogP contribution in [0.5, 0.6) is 0 Å². The highest BCUT2D eigenvalue weighted by molar-refractivity contribution is 5.98. The van der Waals surface area contributed by atoms with E-state index in [0.717, 1.165) is 16.5 Å². The van der Waals surface area contributed by atoms with Crippen LogP contribution in [0.2, 0.25) is 0 Å². The Hall–Kier alpha value is -3.85. The average molecular weight is 496 g/mol. The van der Waals surface area contributed by atoms with Crippen molar-refractivity contribution >= 4 is 34.6 Å². The summed E-state index contributed by atoms with van der Waals surface area (Å²) in [5, 5.41) is 6.43. The monoisotopic (exact) mass is 495 g/mol. The van der Waals surface area contributed by atoms with Gasteiger partial charge >= 0.3 is 12.1 Å². The molecular weight excluding hydrogens is 462 g/mol. The van der Waals surface area contributed by atoms with Crippen LogP contribution in [0.25, 0.3) is 10.9 Å². The number of para-hydroxylation sites is 1. The van der Waals surface area contributed by atoms with Crippen molar-refractivity contribution in [2.24, 2.45) is 0 Å². The third-order valence-electron chi connectivity index (χ3n) is 4.86. The summed E-state index contributed by atoms with van der Waals surface area (Å²) in [5.74, 6) is -1.08. The SMILES string of the molecule is CC(C)(C)OOC(=O)c1ccc(NC(=O)C(Cc2c[nH]c3ccccc23)NC(=O)OC(C)(C)C)cc1. The molecule has 0 aliphatic heterocycles. The first kappa shape index (κ1) is 26.7. The van der Waals surface area contributed by atoms with E-state index in [4.69, 9.17) is 14.5 Å². The largest absolute Gasteiger partial charge is 0.444 e. The molecule has 2 aromatic carbocycles. The minimum Gasteiger partial charge on any atom is -0.444 e. The lowest BCUT2D eigenvalue weighted by molar-refractivity contribution is -0.301. The maximum Gasteiger partial charge on any atom is 0.408 e. The van der Waals surface area contributed by atoms with Crippen LogP contribution in [-0.4, -0.2) is 40.2 Å². The third-order valence-corrected chi connectivity index (χ3v) is 4.86. The summed E-state index contributed by atoms with van der Waals surface area (Å²) in [6, 6.07) is 13.0. The Morgan fingerprint density at radius 1 is 0.917 bits per heavy atom. The van der Waals surface area contributed by atoms with E-state index in [1.165, 1.54) is 12.1 Å². The number of nitrogens with one attached hydrogen (secondary N) is 3. The van der Waals surface area contributed by atoms with Gasteiger partial charge in [0, 0.05) is 29.2 Å². The molecule has 0 saturated carbocycles. The van der Waals surface area contributed by atoms with E-state index < -0.39 is 35.2 Å². The van der Waals surface area contributed by atoms with Crippen molar-refractivity contribution in [1.29, 1.82) is 0 Å². The van der Waals surface area contributed by atoms with Gasteiger partial charge in [0.05, 0.1) is 5.56 Å². The molecule has 0 saturated heterocycles. The maximum absolute atomic E-state index is 13.2. The molecule has 1 unspecified atom stereocenters. The Labute approximate surface area is 210 Å². The number of carbonyl (C=O) groups is 3. The molecule has 9 heteroatoms. The molecule has 3 rings (SSSR count). The molecule has 0 aliphatic carbocycles. The van der Waals surface area contributed by atoms with Crippen LogP contribution in [0.1, 0.15) is 57.5 Å². The minimum atomic E-state index is -0.913. The van der Waals surface area contributed by atoms with Crippen LogP contribution < -0.4 is 10.6 Å². The molecule has 0 bridgehead atoms. The van der Waals surface area contributed by atoms with Gasteiger partial charge in [0.1, 0.15) is 17.2 Å². The van der Waals surface area contributed by atoms with Crippen LogP contribution in [0.3, 0.4) is 0 Å². The molecule has 3 N–H and O–H groups in total. The summed E-state index contributed by atoms with van der Waals surface area (Å²) in [4.78, 5) is 50.9. The van der Waals surface area contributed by atoms with Crippen LogP contribution in [0.15, 0.2) is 54.7 Å². The molecule has 0 radical (unpaired) electrons. The third kappa shape index (κ3) is 7.84. The number of ether oxygens (including phenoxy) is 1. The standard InChI is InChI=1S/C27H33N3O6/c1-26(2,3)34-25(33)30-22(15-18-16-28-21-10-8-7-9-20(18)21)23(31)29-19-13-11-17(12-14-19)24(32)35-36-27(4,5)6/h7-14,16,22,28H,15H2,1-6H3,(H,29,31)(H,30,33). The summed E-state index contributed by atoms with van der Waals surface area (Å²) < 4.78 is 5.36. The second-order valence-electron chi connectivity index (χ2n) is 10.4. The molecule has 0 aliphatic rings. The zero-order valence-corrected chi connectivity index (χ0v) is 21.4. The van der Waals surface area contributed by atoms with Crippen molar-refractivity contribution in [3.63, 3.8) is 0 Å². The van der Waals surface area contributed by atoms with Gasteiger partial charge in [-0.15, -0.1) is 0 Å². The first-order valence-electron chi connectivity index (χ1n) is 11.7. The molecule has 0 fully saturated rings. The Bertz CT molecular complexity index is 1220. The molecule has 192 valence electrons. The van der Waals surface area contributed by atoms with Crippen molar-refractivity contribution < 1.29 is 28.9 Å². The van der Waals surface area contributed by atoms with Gasteiger partial charge in [0.15, 0.2) is 0 Å². The highest BCUT2D eigenvalue weighted by atomic mass is 17.2. The lowest BCUT2D eigenvalue weighted by Gasteiger charge is -2.23. The topological polar surface area (TPSA) is 119 Å². The molecule has 3 aromatic rings. The highest BCUT2D eigenvalue weighted by Gasteiger charge is 2.26. The predicted molar refractivity (Wildman–Crippen MR) is 136 cm³/mol. The fourth-order valence-electron chi connectivity index (χ4n) is 3.31. The number of aromatic amines is 1. The van der Waals surface area contributed by atoms with Crippen molar-refractivity contribution in [3.05, 3.63) is 65.9 Å². The molecular formula is C27H33N3O6. The Balaban J connectivity index is 1.73. The van der Waals surface area contributed by atoms with Gasteiger partial charge in [-0.1, -0.05) is 18.2 Å². The summed E-state index contributed by atoms with van der Waals surface area (Å²) in [6.45, 7) is 10.5. The molecule has 2 amide bonds. The summed E-state index contributed by atoms with van der Waals surface area (Å²) in [6.07, 6.45) is 1.37. The number of fused-ring (bicyclic) bond motifs is 1. The Morgan fingerprint density at radius 3 is 2.22 bits per heavy atom. The first-order valence-corrected chi connectivity index (χ1v) is 11.7. The summed E-state index contributed by atoms with van der Waals surface area (Å²) in [5.41, 5.74) is 1.17. The van der Waals surface area contributed by atoms with E-state index in [-0.39, 0.29) is 12.0 Å². The smallest absolute Gasteiger partial charge is 0.408 e. The van der Waals surface area contributed by atoms with E-state index in [2.05, 4.69) is 15.6 Å².